The first-order valence-corrected chi connectivity index (χ1v) is 21.3. The lowest BCUT2D eigenvalue weighted by atomic mass is 10.1. The lowest BCUT2D eigenvalue weighted by Crippen LogP contribution is -2.74. The molecule has 280 valence electrons. The third-order valence-corrected chi connectivity index (χ3v) is 15.3. The third-order valence-electron chi connectivity index (χ3n) is 10.7. The molecule has 0 saturated carbocycles. The van der Waals surface area contributed by atoms with Gasteiger partial charge in [-0.25, -0.2) is 0 Å². The van der Waals surface area contributed by atoms with E-state index in [1.54, 1.807) is 0 Å². The number of ether oxygens (including phenoxy) is 2. The number of nitrogens with zero attached hydrogens (tertiary/aromatic N) is 5. The Balaban J connectivity index is 1.25. The Morgan fingerprint density at radius 1 is 0.390 bits per heavy atom. The molecule has 0 saturated heterocycles. The van der Waals surface area contributed by atoms with Gasteiger partial charge in [0.1, 0.15) is 0 Å². The van der Waals surface area contributed by atoms with Gasteiger partial charge in [0, 0.05) is 5.56 Å². The normalized spacial score (nSPS) is 13.6. The van der Waals surface area contributed by atoms with Crippen molar-refractivity contribution in [2.75, 3.05) is 9.80 Å². The van der Waals surface area contributed by atoms with Gasteiger partial charge >= 0.3 is 0 Å². The van der Waals surface area contributed by atoms with E-state index in [1.807, 2.05) is 198 Å². The van der Waals surface area contributed by atoms with E-state index in [2.05, 4.69) is 0 Å². The summed E-state index contributed by atoms with van der Waals surface area (Å²) in [5, 5.41) is 3.13. The summed E-state index contributed by atoms with van der Waals surface area (Å²) in [6, 6.07) is 59.5. The fourth-order valence-electron chi connectivity index (χ4n) is 8.15. The summed E-state index contributed by atoms with van der Waals surface area (Å²) in [4.78, 5) is 19.4. The highest BCUT2D eigenvalue weighted by molar-refractivity contribution is 7.19. The molecule has 0 aliphatic carbocycles. The second-order valence-corrected chi connectivity index (χ2v) is 17.8. The van der Waals surface area contributed by atoms with Crippen molar-refractivity contribution in [1.82, 2.24) is 15.0 Å². The molecule has 2 aliphatic heterocycles. The van der Waals surface area contributed by atoms with Crippen molar-refractivity contribution in [3.05, 3.63) is 212 Å². The minimum Gasteiger partial charge on any atom is -0.453 e. The van der Waals surface area contributed by atoms with Crippen molar-refractivity contribution in [1.29, 1.82) is 0 Å². The van der Waals surface area contributed by atoms with Crippen LogP contribution in [0.15, 0.2) is 212 Å². The summed E-state index contributed by atoms with van der Waals surface area (Å²) in [5.74, 6) is 2.73. The molecule has 8 aromatic carbocycles. The average Bonchev–Trinajstić information content (AvgIpc) is 3.34. The van der Waals surface area contributed by atoms with E-state index in [1.165, 1.54) is 0 Å². The molecule has 8 heteroatoms. The summed E-state index contributed by atoms with van der Waals surface area (Å²) in [5.41, 5.74) is 2.70. The van der Waals surface area contributed by atoms with Gasteiger partial charge in [0.15, 0.2) is 36.9 Å². The topological polar surface area (TPSA) is 63.6 Å². The van der Waals surface area contributed by atoms with E-state index in [0.29, 0.717) is 50.9 Å². The Morgan fingerprint density at radius 2 is 0.746 bits per heavy atom. The largest absolute Gasteiger partial charge is 0.453 e. The van der Waals surface area contributed by atoms with Crippen molar-refractivity contribution in [2.24, 2.45) is 0 Å². The van der Waals surface area contributed by atoms with Crippen LogP contribution < -0.4 is 40.0 Å². The predicted molar refractivity (Wildman–Crippen MR) is 238 cm³/mol. The van der Waals surface area contributed by atoms with Gasteiger partial charge in [-0.3, -0.25) is 9.80 Å². The van der Waals surface area contributed by atoms with Gasteiger partial charge < -0.3 is 9.47 Å². The Hall–Kier alpha value is -7.81. The van der Waals surface area contributed by atoms with Crippen molar-refractivity contribution >= 4 is 63.5 Å². The molecule has 9 aromatic rings. The quantitative estimate of drug-likeness (QED) is 0.118. The zero-order valence-electron chi connectivity index (χ0n) is 35.5. The molecule has 0 bridgehead atoms. The van der Waals surface area contributed by atoms with Gasteiger partial charge in [-0.2, -0.15) is 15.0 Å². The highest BCUT2D eigenvalue weighted by atomic mass is 28.3. The predicted octanol–water partition coefficient (Wildman–Crippen LogP) is 10.1. The number of rotatable bonds is 7. The molecule has 0 radical (unpaired) electrons. The number of hydrogen-bond donors (Lipinski definition) is 0. The molecule has 0 atom stereocenters. The van der Waals surface area contributed by atoms with Crippen molar-refractivity contribution < 1.29 is 15.0 Å². The van der Waals surface area contributed by atoms with Crippen LogP contribution in [-0.4, -0.2) is 23.0 Å². The van der Waals surface area contributed by atoms with Gasteiger partial charge in [0.2, 0.25) is 11.9 Å². The Morgan fingerprint density at radius 3 is 1.14 bits per heavy atom. The van der Waals surface area contributed by atoms with Crippen LogP contribution in [0.1, 0.15) is 5.48 Å². The summed E-state index contributed by atoms with van der Waals surface area (Å²) < 4.78 is 52.2. The number of aromatic nitrogens is 3. The van der Waals surface area contributed by atoms with E-state index in [9.17, 15) is 5.48 Å². The molecular weight excluding hydrogens is 743 g/mol. The lowest BCUT2D eigenvalue weighted by Gasteiger charge is -2.35. The molecule has 0 N–H and O–H groups in total. The number of hydrogen-bond acceptors (Lipinski definition) is 7. The fraction of sp³-hybridized carbons (Fsp3) is 0. The maximum absolute atomic E-state index is 10.4. The molecule has 3 heterocycles. The molecule has 0 fully saturated rings. The summed E-state index contributed by atoms with van der Waals surface area (Å²) in [7, 11) is -3.59. The third kappa shape index (κ3) is 5.76. The van der Waals surface area contributed by atoms with Crippen molar-refractivity contribution in [2.45, 2.75) is 0 Å². The standard InChI is InChI=1S/C51H35N5O2Si/c1-4-20-37(21-5-1)59(38-22-6-2-7-23-38,39-24-8-3-9-25-39)40-26-18-19-36(35-40)49-52-50(55-41-27-10-14-31-45(41)57-46-32-15-11-28-42(46)55)54-51(53-49)56-43-29-12-16-33-47(43)58-48-34-17-13-30-44(48)56/h1-35H/i18D,19D,26D,35D. The van der Waals surface area contributed by atoms with Gasteiger partial charge in [0.05, 0.1) is 28.2 Å². The summed E-state index contributed by atoms with van der Waals surface area (Å²) in [6.45, 7) is 0. The minimum absolute atomic E-state index is 0.000238. The van der Waals surface area contributed by atoms with Crippen LogP contribution in [0.3, 0.4) is 0 Å². The SMILES string of the molecule is [2H]c1c([2H])c(-c2nc(N3c4ccccc4Oc4ccccc43)nc(N3c4ccccc4Oc4ccccc43)n2)c([2H])c([Si](c2ccccc2)(c2ccccc2)c2ccccc2)c1[2H]. The molecule has 0 spiro atoms. The molecule has 0 amide bonds. The number of anilines is 6. The summed E-state index contributed by atoms with van der Waals surface area (Å²) in [6.07, 6.45) is 0. The second kappa shape index (κ2) is 14.3. The van der Waals surface area contributed by atoms with Crippen LogP contribution in [0.2, 0.25) is 0 Å². The lowest BCUT2D eigenvalue weighted by molar-refractivity contribution is 0.476. The zero-order valence-corrected chi connectivity index (χ0v) is 32.5. The van der Waals surface area contributed by atoms with Crippen molar-refractivity contribution in [3.63, 3.8) is 0 Å². The first-order valence-electron chi connectivity index (χ1n) is 21.3. The highest BCUT2D eigenvalue weighted by Gasteiger charge is 2.42. The van der Waals surface area contributed by atoms with Gasteiger partial charge in [-0.05, 0) is 69.3 Å². The van der Waals surface area contributed by atoms with E-state index >= 15 is 0 Å². The monoisotopic (exact) mass is 781 g/mol. The number of para-hydroxylation sites is 8. The van der Waals surface area contributed by atoms with Gasteiger partial charge in [0.25, 0.3) is 0 Å². The number of fused-ring (bicyclic) bond motifs is 4. The fourth-order valence-corrected chi connectivity index (χ4v) is 12.7. The van der Waals surface area contributed by atoms with E-state index < -0.39 is 8.07 Å². The molecule has 59 heavy (non-hydrogen) atoms. The minimum atomic E-state index is -3.59. The highest BCUT2D eigenvalue weighted by Crippen LogP contribution is 2.52. The van der Waals surface area contributed by atoms with E-state index in [0.717, 1.165) is 15.6 Å². The summed E-state index contributed by atoms with van der Waals surface area (Å²) >= 11 is 0. The van der Waals surface area contributed by atoms with Crippen LogP contribution in [0.5, 0.6) is 23.0 Å². The molecule has 2 aliphatic rings. The van der Waals surface area contributed by atoms with Crippen LogP contribution in [-0.2, 0) is 0 Å². The van der Waals surface area contributed by atoms with Crippen LogP contribution >= 0.6 is 0 Å². The van der Waals surface area contributed by atoms with Gasteiger partial charge in [-0.15, -0.1) is 0 Å². The first kappa shape index (κ1) is 30.3. The van der Waals surface area contributed by atoms with E-state index in [-0.39, 0.29) is 47.5 Å². The van der Waals surface area contributed by atoms with E-state index in [4.69, 9.17) is 24.4 Å². The molecule has 7 nitrogen and oxygen atoms in total. The van der Waals surface area contributed by atoms with Crippen LogP contribution in [0, 0.1) is 0 Å². The first-order chi connectivity index (χ1) is 30.9. The van der Waals surface area contributed by atoms with Crippen LogP contribution in [0.25, 0.3) is 11.4 Å². The Kier molecular flexibility index (Phi) is 7.35. The Labute approximate surface area is 348 Å². The second-order valence-electron chi connectivity index (χ2n) is 14.1. The number of benzene rings is 8. The molecule has 0 unspecified atom stereocenters. The molecule has 11 rings (SSSR count). The zero-order chi connectivity index (χ0) is 42.7. The molecule has 1 aromatic heterocycles. The van der Waals surface area contributed by atoms with Crippen LogP contribution in [0.4, 0.5) is 34.6 Å². The maximum Gasteiger partial charge on any atom is 0.240 e. The maximum atomic E-state index is 10.4. The average molecular weight is 782 g/mol. The molecular formula is C51H35N5O2Si. The van der Waals surface area contributed by atoms with Crippen molar-refractivity contribution in [3.8, 4) is 34.4 Å². The van der Waals surface area contributed by atoms with Gasteiger partial charge in [-0.1, -0.05) is 164 Å². The smallest absolute Gasteiger partial charge is 0.240 e. The Bertz CT molecular complexity index is 2910.